The molecule has 1 aromatic heterocycles. The van der Waals surface area contributed by atoms with Crippen molar-refractivity contribution in [3.8, 4) is 0 Å². The Bertz CT molecular complexity index is 245. The van der Waals surface area contributed by atoms with Crippen LogP contribution in [0, 0.1) is 6.92 Å². The van der Waals surface area contributed by atoms with Crippen molar-refractivity contribution in [1.82, 2.24) is 9.97 Å². The minimum absolute atomic E-state index is 0.218. The summed E-state index contributed by atoms with van der Waals surface area (Å²) in [7, 11) is 0. The topological polar surface area (TPSA) is 71.8 Å². The second kappa shape index (κ2) is 2.85. The van der Waals surface area contributed by atoms with E-state index in [1.54, 1.807) is 6.92 Å². The zero-order valence-electron chi connectivity index (χ0n) is 5.42. The minimum Gasteiger partial charge on any atom is -0.348 e. The fourth-order valence-corrected chi connectivity index (χ4v) is 0.808. The largest absolute Gasteiger partial charge is 0.348 e. The van der Waals surface area contributed by atoms with Crippen LogP contribution in [0.3, 0.4) is 0 Å². The van der Waals surface area contributed by atoms with E-state index >= 15 is 0 Å². The highest BCUT2D eigenvalue weighted by Gasteiger charge is 2.06. The molecule has 54 valence electrons. The molecule has 1 heterocycles. The van der Waals surface area contributed by atoms with Crippen LogP contribution < -0.4 is 5.14 Å². The summed E-state index contributed by atoms with van der Waals surface area (Å²) in [5, 5.41) is 4.81. The number of nitrogens with one attached hydrogen (secondary N) is 1. The quantitative estimate of drug-likeness (QED) is 0.581. The first-order valence-corrected chi connectivity index (χ1v) is 3.55. The van der Waals surface area contributed by atoms with Gasteiger partial charge in [0.2, 0.25) is 0 Å². The summed E-state index contributed by atoms with van der Waals surface area (Å²) in [6.45, 7) is 1.78. The first kappa shape index (κ1) is 7.30. The molecule has 0 spiro atoms. The molecule has 10 heavy (non-hydrogen) atoms. The molecule has 5 heteroatoms. The van der Waals surface area contributed by atoms with E-state index in [4.69, 9.17) is 5.14 Å². The summed E-state index contributed by atoms with van der Waals surface area (Å²) in [4.78, 5) is 17.4. The second-order valence-corrected chi connectivity index (χ2v) is 2.38. The highest BCUT2D eigenvalue weighted by molar-refractivity contribution is 8.12. The summed E-state index contributed by atoms with van der Waals surface area (Å²) in [6, 6.07) is 0. The van der Waals surface area contributed by atoms with Crippen LogP contribution in [0.25, 0.3) is 0 Å². The molecule has 1 aromatic rings. The van der Waals surface area contributed by atoms with Crippen molar-refractivity contribution < 1.29 is 4.79 Å². The predicted octanol–water partition coefficient (Wildman–Crippen LogP) is 0.465. The first-order chi connectivity index (χ1) is 4.74. The van der Waals surface area contributed by atoms with Gasteiger partial charge in [0.15, 0.2) is 0 Å². The van der Waals surface area contributed by atoms with Gasteiger partial charge in [-0.1, -0.05) is 0 Å². The monoisotopic (exact) mass is 157 g/mol. The van der Waals surface area contributed by atoms with E-state index in [1.807, 2.05) is 0 Å². The lowest BCUT2D eigenvalue weighted by Crippen LogP contribution is -1.96. The lowest BCUT2D eigenvalue weighted by atomic mass is 10.5. The highest BCUT2D eigenvalue weighted by Crippen LogP contribution is 2.03. The average molecular weight is 157 g/mol. The fraction of sp³-hybridized carbons (Fsp3) is 0.200. The fourth-order valence-electron chi connectivity index (χ4n) is 0.583. The molecule has 0 atom stereocenters. The van der Waals surface area contributed by atoms with Gasteiger partial charge in [-0.05, 0) is 18.9 Å². The number of H-pyrrole nitrogens is 1. The Hall–Kier alpha value is -0.810. The van der Waals surface area contributed by atoms with Crippen molar-refractivity contribution in [3.05, 3.63) is 17.7 Å². The average Bonchev–Trinajstić information content (AvgIpc) is 2.34. The first-order valence-electron chi connectivity index (χ1n) is 2.67. The maximum Gasteiger partial charge on any atom is 0.253 e. The van der Waals surface area contributed by atoms with Gasteiger partial charge in [0.25, 0.3) is 5.12 Å². The van der Waals surface area contributed by atoms with Gasteiger partial charge in [0.1, 0.15) is 11.5 Å². The lowest BCUT2D eigenvalue weighted by molar-refractivity contribution is 0.108. The third-order valence-electron chi connectivity index (χ3n) is 1.02. The molecule has 0 amide bonds. The number of nitrogens with zero attached hydrogens (tertiary/aromatic N) is 1. The predicted molar refractivity (Wildman–Crippen MR) is 39.4 cm³/mol. The summed E-state index contributed by atoms with van der Waals surface area (Å²) >= 11 is 0.670. The number of aromatic amines is 1. The number of nitrogens with two attached hydrogens (primary N) is 1. The number of imidazole rings is 1. The van der Waals surface area contributed by atoms with Crippen molar-refractivity contribution >= 4 is 17.1 Å². The number of aromatic nitrogens is 2. The van der Waals surface area contributed by atoms with E-state index in [0.717, 1.165) is 5.82 Å². The van der Waals surface area contributed by atoms with Gasteiger partial charge in [0, 0.05) is 6.20 Å². The van der Waals surface area contributed by atoms with Crippen LogP contribution in [0.15, 0.2) is 6.20 Å². The van der Waals surface area contributed by atoms with Crippen molar-refractivity contribution in [2.24, 2.45) is 5.14 Å². The molecule has 3 N–H and O–H groups in total. The van der Waals surface area contributed by atoms with Gasteiger partial charge in [-0.3, -0.25) is 9.93 Å². The van der Waals surface area contributed by atoms with Crippen LogP contribution in [0.1, 0.15) is 16.3 Å². The molecule has 0 unspecified atom stereocenters. The summed E-state index contributed by atoms with van der Waals surface area (Å²) in [5.74, 6) is 0.720. The molecule has 1 rings (SSSR count). The lowest BCUT2D eigenvalue weighted by Gasteiger charge is -1.85. The van der Waals surface area contributed by atoms with E-state index in [9.17, 15) is 4.79 Å². The molecule has 0 fully saturated rings. The van der Waals surface area contributed by atoms with Gasteiger partial charge in [-0.25, -0.2) is 4.98 Å². The van der Waals surface area contributed by atoms with Crippen LogP contribution in [-0.2, 0) is 0 Å². The van der Waals surface area contributed by atoms with E-state index in [1.165, 1.54) is 6.20 Å². The number of rotatable bonds is 1. The molecular weight excluding hydrogens is 150 g/mol. The van der Waals surface area contributed by atoms with Crippen molar-refractivity contribution in [2.45, 2.75) is 6.92 Å². The molecule has 0 aromatic carbocycles. The Morgan fingerprint density at radius 2 is 2.60 bits per heavy atom. The van der Waals surface area contributed by atoms with Gasteiger partial charge in [-0.2, -0.15) is 0 Å². The van der Waals surface area contributed by atoms with Gasteiger partial charge < -0.3 is 4.98 Å². The highest BCUT2D eigenvalue weighted by atomic mass is 32.2. The number of carbonyl (C=O) groups excluding carboxylic acids is 1. The standard InChI is InChI=1S/C5H7N3OS/c1-3-7-2-4(8-3)5(9)10-6/h2H,6H2,1H3,(H,7,8). The Morgan fingerprint density at radius 3 is 3.00 bits per heavy atom. The maximum atomic E-state index is 10.8. The van der Waals surface area contributed by atoms with Gasteiger partial charge in [-0.15, -0.1) is 0 Å². The zero-order chi connectivity index (χ0) is 7.56. The SMILES string of the molecule is Cc1nc(C(=O)SN)c[nH]1. The van der Waals surface area contributed by atoms with Crippen molar-refractivity contribution in [2.75, 3.05) is 0 Å². The third-order valence-corrected chi connectivity index (χ3v) is 1.45. The molecule has 0 bridgehead atoms. The molecule has 0 aliphatic carbocycles. The second-order valence-electron chi connectivity index (χ2n) is 1.78. The van der Waals surface area contributed by atoms with Crippen LogP contribution >= 0.6 is 11.9 Å². The van der Waals surface area contributed by atoms with E-state index < -0.39 is 0 Å². The Balaban J connectivity index is 2.85. The Morgan fingerprint density at radius 1 is 1.90 bits per heavy atom. The molecule has 0 radical (unpaired) electrons. The molecule has 0 saturated heterocycles. The molecular formula is C5H7N3OS. The van der Waals surface area contributed by atoms with Gasteiger partial charge >= 0.3 is 0 Å². The molecule has 0 aliphatic heterocycles. The summed E-state index contributed by atoms with van der Waals surface area (Å²) < 4.78 is 0. The summed E-state index contributed by atoms with van der Waals surface area (Å²) in [5.41, 5.74) is 0.380. The smallest absolute Gasteiger partial charge is 0.253 e. The normalized spacial score (nSPS) is 9.80. The summed E-state index contributed by atoms with van der Waals surface area (Å²) in [6.07, 6.45) is 1.54. The molecule has 0 saturated carbocycles. The third kappa shape index (κ3) is 1.37. The maximum absolute atomic E-state index is 10.8. The minimum atomic E-state index is -0.218. The zero-order valence-corrected chi connectivity index (χ0v) is 6.23. The molecule has 4 nitrogen and oxygen atoms in total. The van der Waals surface area contributed by atoms with Crippen LogP contribution in [0.5, 0.6) is 0 Å². The number of aryl methyl sites for hydroxylation is 1. The van der Waals surface area contributed by atoms with Crippen molar-refractivity contribution in [1.29, 1.82) is 0 Å². The Kier molecular flexibility index (Phi) is 2.08. The van der Waals surface area contributed by atoms with E-state index in [0.29, 0.717) is 17.6 Å². The van der Waals surface area contributed by atoms with E-state index in [2.05, 4.69) is 9.97 Å². The van der Waals surface area contributed by atoms with Crippen LogP contribution in [-0.4, -0.2) is 15.1 Å². The van der Waals surface area contributed by atoms with E-state index in [-0.39, 0.29) is 5.12 Å². The number of hydrogen-bond donors (Lipinski definition) is 2. The van der Waals surface area contributed by atoms with Crippen LogP contribution in [0.2, 0.25) is 0 Å². The van der Waals surface area contributed by atoms with Gasteiger partial charge in [0.05, 0.1) is 0 Å². The Labute approximate surface area is 62.3 Å². The van der Waals surface area contributed by atoms with Crippen molar-refractivity contribution in [3.63, 3.8) is 0 Å². The number of carbonyl (C=O) groups is 1. The van der Waals surface area contributed by atoms with Crippen LogP contribution in [0.4, 0.5) is 0 Å². The molecule has 0 aliphatic rings. The number of hydrogen-bond acceptors (Lipinski definition) is 4.